The summed E-state index contributed by atoms with van der Waals surface area (Å²) < 4.78 is 40.0. The quantitative estimate of drug-likeness (QED) is 0.0817. The summed E-state index contributed by atoms with van der Waals surface area (Å²) in [4.78, 5) is 0. The van der Waals surface area contributed by atoms with Gasteiger partial charge in [0.05, 0.1) is 12.5 Å². The second-order valence-corrected chi connectivity index (χ2v) is 18.0. The van der Waals surface area contributed by atoms with Crippen molar-refractivity contribution in [1.82, 2.24) is 0 Å². The maximum absolute atomic E-state index is 6.33. The number of hydrogen-bond acceptors (Lipinski definition) is 7. The van der Waals surface area contributed by atoms with E-state index in [9.17, 15) is 0 Å². The Balaban J connectivity index is 1.48. The second kappa shape index (κ2) is 15.2. The lowest BCUT2D eigenvalue weighted by Gasteiger charge is -2.40. The van der Waals surface area contributed by atoms with Crippen LogP contribution in [-0.4, -0.2) is 49.3 Å². The monoisotopic (exact) mass is 632 g/mol. The van der Waals surface area contributed by atoms with Crippen molar-refractivity contribution in [2.45, 2.75) is 70.0 Å². The van der Waals surface area contributed by atoms with Gasteiger partial charge in [-0.3, -0.25) is 0 Å². The molecule has 0 bridgehead atoms. The predicted molar refractivity (Wildman–Crippen MR) is 180 cm³/mol. The lowest BCUT2D eigenvalue weighted by Crippen LogP contribution is -2.41. The van der Waals surface area contributed by atoms with Gasteiger partial charge in [0.1, 0.15) is 29.1 Å². The molecule has 242 valence electrons. The summed E-state index contributed by atoms with van der Waals surface area (Å²) in [5.74, 6) is 6.08. The second-order valence-electron chi connectivity index (χ2n) is 13.2. The molecular formula is C37H48O7Si. The Morgan fingerprint density at radius 3 is 2.13 bits per heavy atom. The third-order valence-corrected chi connectivity index (χ3v) is 13.4. The van der Waals surface area contributed by atoms with E-state index >= 15 is 0 Å². The first kappa shape index (κ1) is 34.4. The smallest absolute Gasteiger partial charge is 0.191 e. The highest BCUT2D eigenvalue weighted by atomic mass is 28.4. The van der Waals surface area contributed by atoms with E-state index in [1.54, 1.807) is 14.2 Å². The maximum atomic E-state index is 6.33. The van der Waals surface area contributed by atoms with E-state index in [0.29, 0.717) is 18.1 Å². The van der Waals surface area contributed by atoms with E-state index in [0.717, 1.165) is 42.1 Å². The van der Waals surface area contributed by atoms with Crippen LogP contribution in [0.1, 0.15) is 56.7 Å². The molecule has 0 saturated heterocycles. The molecular weight excluding hydrogens is 584 g/mol. The van der Waals surface area contributed by atoms with Gasteiger partial charge in [-0.25, -0.2) is 0 Å². The van der Waals surface area contributed by atoms with Crippen LogP contribution >= 0.6 is 0 Å². The number of aryl methyl sites for hydroxylation is 1. The summed E-state index contributed by atoms with van der Waals surface area (Å²) >= 11 is 0. The van der Waals surface area contributed by atoms with Crippen LogP contribution in [0.3, 0.4) is 0 Å². The van der Waals surface area contributed by atoms with E-state index in [-0.39, 0.29) is 24.5 Å². The largest absolute Gasteiger partial charge is 0.492 e. The molecule has 1 aliphatic rings. The molecule has 45 heavy (non-hydrogen) atoms. The van der Waals surface area contributed by atoms with Crippen LogP contribution in [-0.2, 0) is 25.7 Å². The Morgan fingerprint density at radius 2 is 1.49 bits per heavy atom. The van der Waals surface area contributed by atoms with Crippen molar-refractivity contribution >= 4 is 8.32 Å². The van der Waals surface area contributed by atoms with Gasteiger partial charge in [0.2, 0.25) is 0 Å². The van der Waals surface area contributed by atoms with Crippen molar-refractivity contribution in [3.63, 3.8) is 0 Å². The van der Waals surface area contributed by atoms with Crippen molar-refractivity contribution in [2.75, 3.05) is 41.0 Å². The van der Waals surface area contributed by atoms with Crippen molar-refractivity contribution in [3.05, 3.63) is 83.4 Å². The Hall–Kier alpha value is -3.48. The lowest BCUT2D eigenvalue weighted by molar-refractivity contribution is 0.0505. The van der Waals surface area contributed by atoms with Crippen LogP contribution in [0.5, 0.6) is 23.0 Å². The normalized spacial score (nSPS) is 17.8. The molecule has 0 fully saturated rings. The Morgan fingerprint density at radius 1 is 0.867 bits per heavy atom. The molecule has 2 unspecified atom stereocenters. The molecule has 0 radical (unpaired) electrons. The summed E-state index contributed by atoms with van der Waals surface area (Å²) in [6.45, 7) is 15.1. The zero-order valence-corrected chi connectivity index (χ0v) is 29.0. The van der Waals surface area contributed by atoms with Gasteiger partial charge in [-0.1, -0.05) is 58.0 Å². The summed E-state index contributed by atoms with van der Waals surface area (Å²) in [5, 5.41) is 0.224. The predicted octanol–water partition coefficient (Wildman–Crippen LogP) is 8.08. The van der Waals surface area contributed by atoms with Crippen LogP contribution in [0.4, 0.5) is 0 Å². The minimum atomic E-state index is -1.72. The molecule has 3 aromatic rings. The Bertz CT molecular complexity index is 1430. The van der Waals surface area contributed by atoms with Crippen LogP contribution in [0.2, 0.25) is 18.1 Å². The van der Waals surface area contributed by atoms with Crippen LogP contribution in [0, 0.1) is 12.0 Å². The summed E-state index contributed by atoms with van der Waals surface area (Å²) in [7, 11) is 1.48. The minimum Gasteiger partial charge on any atom is -0.492 e. The number of rotatable bonds is 13. The van der Waals surface area contributed by atoms with Gasteiger partial charge >= 0.3 is 0 Å². The standard InChI is InChI=1S/C37H48O7Si/c1-36(2,3)45(7,8)44-22-9-10-28-11-15-30(16-12-28)40-23-21-34-33-20-19-32(43-27-39-6)24-35(33)41-25-37(34,4)29-13-17-31(18-14-29)42-26-38-5/h11-20,24,34H,9-10,22,25-27H2,1-8H3. The highest BCUT2D eigenvalue weighted by molar-refractivity contribution is 6.74. The molecule has 3 aromatic carbocycles. The third-order valence-electron chi connectivity index (χ3n) is 8.84. The van der Waals surface area contributed by atoms with Crippen molar-refractivity contribution < 1.29 is 32.8 Å². The van der Waals surface area contributed by atoms with Gasteiger partial charge < -0.3 is 32.8 Å². The highest BCUT2D eigenvalue weighted by Gasteiger charge is 2.42. The fourth-order valence-electron chi connectivity index (χ4n) is 4.99. The number of hydrogen-bond donors (Lipinski definition) is 0. The zero-order chi connectivity index (χ0) is 32.5. The van der Waals surface area contributed by atoms with Gasteiger partial charge in [0.15, 0.2) is 21.9 Å². The van der Waals surface area contributed by atoms with E-state index in [1.807, 2.05) is 42.5 Å². The first-order chi connectivity index (χ1) is 21.5. The number of fused-ring (bicyclic) bond motifs is 1. The van der Waals surface area contributed by atoms with Gasteiger partial charge in [0, 0.05) is 37.9 Å². The van der Waals surface area contributed by atoms with Crippen LogP contribution in [0.25, 0.3) is 0 Å². The molecule has 0 amide bonds. The van der Waals surface area contributed by atoms with Gasteiger partial charge in [-0.2, -0.15) is 0 Å². The van der Waals surface area contributed by atoms with Crippen LogP contribution < -0.4 is 18.9 Å². The molecule has 2 atom stereocenters. The molecule has 0 aliphatic carbocycles. The molecule has 8 heteroatoms. The molecule has 0 aromatic heterocycles. The molecule has 0 spiro atoms. The zero-order valence-electron chi connectivity index (χ0n) is 28.0. The molecule has 7 nitrogen and oxygen atoms in total. The Labute approximate surface area is 270 Å². The van der Waals surface area contributed by atoms with Crippen molar-refractivity contribution in [2.24, 2.45) is 0 Å². The van der Waals surface area contributed by atoms with Crippen molar-refractivity contribution in [3.8, 4) is 35.0 Å². The Kier molecular flexibility index (Phi) is 11.6. The maximum Gasteiger partial charge on any atom is 0.191 e. The molecule has 0 saturated carbocycles. The minimum absolute atomic E-state index is 0.161. The SMILES string of the molecule is COCOc1ccc(C2(C)COc3cc(OCOC)ccc3C2C#COc2ccc(CCCO[Si](C)(C)C(C)(C)C)cc2)cc1. The molecule has 4 rings (SSSR count). The topological polar surface area (TPSA) is 64.6 Å². The first-order valence-corrected chi connectivity index (χ1v) is 18.4. The fourth-order valence-corrected chi connectivity index (χ4v) is 6.07. The van der Waals surface area contributed by atoms with Gasteiger partial charge in [-0.15, -0.1) is 0 Å². The fraction of sp³-hybridized carbons (Fsp3) is 0.459. The van der Waals surface area contributed by atoms with Gasteiger partial charge in [-0.05, 0) is 78.4 Å². The summed E-state index contributed by atoms with van der Waals surface area (Å²) in [6.07, 6.45) is 4.97. The molecule has 1 heterocycles. The summed E-state index contributed by atoms with van der Waals surface area (Å²) in [5.41, 5.74) is 2.86. The van der Waals surface area contributed by atoms with Gasteiger partial charge in [0.25, 0.3) is 0 Å². The average molecular weight is 633 g/mol. The van der Waals surface area contributed by atoms with E-state index in [2.05, 4.69) is 77.1 Å². The summed E-state index contributed by atoms with van der Waals surface area (Å²) in [6, 6.07) is 22.0. The number of ether oxygens (including phenoxy) is 6. The molecule has 0 N–H and O–H groups in total. The lowest BCUT2D eigenvalue weighted by atomic mass is 9.68. The average Bonchev–Trinajstić information content (AvgIpc) is 3.02. The number of methoxy groups -OCH3 is 2. The van der Waals surface area contributed by atoms with Crippen molar-refractivity contribution in [1.29, 1.82) is 0 Å². The highest BCUT2D eigenvalue weighted by Crippen LogP contribution is 2.47. The first-order valence-electron chi connectivity index (χ1n) is 15.5. The van der Waals surface area contributed by atoms with Crippen LogP contribution in [0.15, 0.2) is 66.7 Å². The van der Waals surface area contributed by atoms with E-state index < -0.39 is 13.7 Å². The molecule has 1 aliphatic heterocycles. The third kappa shape index (κ3) is 8.83. The van der Waals surface area contributed by atoms with E-state index in [1.165, 1.54) is 5.56 Å². The number of benzene rings is 3. The van der Waals surface area contributed by atoms with E-state index in [4.69, 9.17) is 32.8 Å².